The van der Waals surface area contributed by atoms with Gasteiger partial charge in [-0.15, -0.1) is 0 Å². The Morgan fingerprint density at radius 2 is 2.06 bits per heavy atom. The summed E-state index contributed by atoms with van der Waals surface area (Å²) >= 11 is 0. The first-order chi connectivity index (χ1) is 8.75. The van der Waals surface area contributed by atoms with E-state index in [1.807, 2.05) is 0 Å². The van der Waals surface area contributed by atoms with Gasteiger partial charge in [0.05, 0.1) is 0 Å². The highest BCUT2D eigenvalue weighted by Crippen LogP contribution is 2.42. The number of hydrogen-bond acceptors (Lipinski definition) is 2. The fourth-order valence-corrected chi connectivity index (χ4v) is 2.98. The van der Waals surface area contributed by atoms with Crippen LogP contribution in [-0.4, -0.2) is 28.6 Å². The average Bonchev–Trinajstić information content (AvgIpc) is 3.09. The molecule has 1 unspecified atom stereocenters. The van der Waals surface area contributed by atoms with Gasteiger partial charge in [-0.25, -0.2) is 0 Å². The largest absolute Gasteiger partial charge is 0.480 e. The van der Waals surface area contributed by atoms with Crippen molar-refractivity contribution in [1.29, 1.82) is 0 Å². The van der Waals surface area contributed by atoms with Crippen LogP contribution in [0.2, 0.25) is 0 Å². The highest BCUT2D eigenvalue weighted by molar-refractivity contribution is 5.73. The van der Waals surface area contributed by atoms with Crippen LogP contribution in [0, 0.1) is 0 Å². The Morgan fingerprint density at radius 1 is 1.28 bits per heavy atom. The van der Waals surface area contributed by atoms with Gasteiger partial charge in [0.15, 0.2) is 0 Å². The average molecular weight is 245 g/mol. The van der Waals surface area contributed by atoms with Gasteiger partial charge in [0.2, 0.25) is 0 Å². The summed E-state index contributed by atoms with van der Waals surface area (Å²) in [5, 5.41) is 9.21. The van der Waals surface area contributed by atoms with E-state index in [1.165, 1.54) is 24.0 Å². The number of nitrogens with zero attached hydrogens (tertiary/aromatic N) is 1. The van der Waals surface area contributed by atoms with E-state index in [0.717, 1.165) is 31.8 Å². The van der Waals surface area contributed by atoms with E-state index in [4.69, 9.17) is 0 Å². The quantitative estimate of drug-likeness (QED) is 0.886. The number of hydrogen-bond donors (Lipinski definition) is 1. The molecule has 18 heavy (non-hydrogen) atoms. The number of carbonyl (C=O) groups is 1. The smallest absolute Gasteiger partial charge is 0.320 e. The van der Waals surface area contributed by atoms with Crippen molar-refractivity contribution < 1.29 is 9.90 Å². The minimum absolute atomic E-state index is 0.280. The summed E-state index contributed by atoms with van der Waals surface area (Å²) in [5.74, 6) is 0.0588. The van der Waals surface area contributed by atoms with E-state index >= 15 is 0 Å². The summed E-state index contributed by atoms with van der Waals surface area (Å²) in [6.45, 7) is 1.71. The maximum absolute atomic E-state index is 11.2. The van der Waals surface area contributed by atoms with Gasteiger partial charge in [-0.2, -0.15) is 0 Å². The minimum atomic E-state index is -0.670. The van der Waals surface area contributed by atoms with Crippen molar-refractivity contribution in [1.82, 2.24) is 4.90 Å². The molecule has 0 spiro atoms. The second-order valence-electron chi connectivity index (χ2n) is 5.44. The third-order valence-corrected chi connectivity index (χ3v) is 4.09. The van der Waals surface area contributed by atoms with Gasteiger partial charge in [-0.3, -0.25) is 9.69 Å². The molecule has 2 aliphatic rings. The number of carboxylic acids is 1. The molecule has 1 atom stereocenters. The summed E-state index contributed by atoms with van der Waals surface area (Å²) in [7, 11) is 0. The topological polar surface area (TPSA) is 40.5 Å². The molecule has 0 aromatic heterocycles. The third-order valence-electron chi connectivity index (χ3n) is 4.09. The molecule has 2 fully saturated rings. The summed E-state index contributed by atoms with van der Waals surface area (Å²) in [6, 6.07) is 8.24. The van der Waals surface area contributed by atoms with E-state index in [1.54, 1.807) is 0 Å². The fraction of sp³-hybridized carbons (Fsp3) is 0.533. The van der Waals surface area contributed by atoms with Crippen LogP contribution in [-0.2, 0) is 11.3 Å². The lowest BCUT2D eigenvalue weighted by Crippen LogP contribution is -2.35. The number of aliphatic carboxylic acids is 1. The molecule has 96 valence electrons. The van der Waals surface area contributed by atoms with Gasteiger partial charge in [-0.1, -0.05) is 24.3 Å². The van der Waals surface area contributed by atoms with Gasteiger partial charge >= 0.3 is 5.97 Å². The Bertz CT molecular complexity index is 454. The first-order valence-electron chi connectivity index (χ1n) is 6.80. The van der Waals surface area contributed by atoms with E-state index in [9.17, 15) is 9.90 Å². The predicted octanol–water partition coefficient (Wildman–Crippen LogP) is 2.61. The highest BCUT2D eigenvalue weighted by atomic mass is 16.4. The van der Waals surface area contributed by atoms with Crippen LogP contribution in [0.25, 0.3) is 0 Å². The summed E-state index contributed by atoms with van der Waals surface area (Å²) in [5.41, 5.74) is 2.77. The number of likely N-dealkylation sites (tertiary alicyclic amines) is 1. The van der Waals surface area contributed by atoms with Crippen molar-refractivity contribution in [3.8, 4) is 0 Å². The molecule has 1 heterocycles. The van der Waals surface area contributed by atoms with Crippen molar-refractivity contribution >= 4 is 5.97 Å². The SMILES string of the molecule is O=C(O)C1CCCN1Cc1ccccc1C1CC1. The molecule has 0 radical (unpaired) electrons. The molecule has 1 saturated carbocycles. The second kappa shape index (κ2) is 4.73. The van der Waals surface area contributed by atoms with Gasteiger partial charge in [-0.05, 0) is 49.3 Å². The molecular formula is C15H19NO2. The van der Waals surface area contributed by atoms with Crippen LogP contribution in [0.3, 0.4) is 0 Å². The lowest BCUT2D eigenvalue weighted by molar-refractivity contribution is -0.142. The maximum Gasteiger partial charge on any atom is 0.320 e. The molecule has 3 rings (SSSR count). The normalized spacial score (nSPS) is 24.3. The summed E-state index contributed by atoms with van der Waals surface area (Å²) < 4.78 is 0. The Morgan fingerprint density at radius 3 is 2.78 bits per heavy atom. The summed E-state index contributed by atoms with van der Waals surface area (Å²) in [6.07, 6.45) is 4.38. The molecule has 3 heteroatoms. The van der Waals surface area contributed by atoms with Crippen molar-refractivity contribution in [2.24, 2.45) is 0 Å². The van der Waals surface area contributed by atoms with Crippen molar-refractivity contribution in [3.63, 3.8) is 0 Å². The second-order valence-corrected chi connectivity index (χ2v) is 5.44. The van der Waals surface area contributed by atoms with Crippen LogP contribution < -0.4 is 0 Å². The number of rotatable bonds is 4. The first-order valence-corrected chi connectivity index (χ1v) is 6.80. The number of carboxylic acid groups (broad SMARTS) is 1. The molecule has 1 aliphatic carbocycles. The van der Waals surface area contributed by atoms with Crippen molar-refractivity contribution in [2.45, 2.75) is 44.2 Å². The zero-order valence-electron chi connectivity index (χ0n) is 10.5. The van der Waals surface area contributed by atoms with Crippen LogP contribution in [0.1, 0.15) is 42.7 Å². The Kier molecular flexibility index (Phi) is 3.08. The highest BCUT2D eigenvalue weighted by Gasteiger charge is 2.32. The molecule has 0 bridgehead atoms. The minimum Gasteiger partial charge on any atom is -0.480 e. The third kappa shape index (κ3) is 2.27. The number of benzene rings is 1. The van der Waals surface area contributed by atoms with E-state index < -0.39 is 5.97 Å². The summed E-state index contributed by atoms with van der Waals surface area (Å²) in [4.78, 5) is 13.3. The maximum atomic E-state index is 11.2. The molecular weight excluding hydrogens is 226 g/mol. The monoisotopic (exact) mass is 245 g/mol. The lowest BCUT2D eigenvalue weighted by atomic mass is 10.0. The van der Waals surface area contributed by atoms with Crippen molar-refractivity contribution in [3.05, 3.63) is 35.4 Å². The molecule has 1 aliphatic heterocycles. The van der Waals surface area contributed by atoms with E-state index in [2.05, 4.69) is 29.2 Å². The standard InChI is InChI=1S/C15H19NO2/c17-15(18)14-6-3-9-16(14)10-12-4-1-2-5-13(12)11-7-8-11/h1-2,4-5,11,14H,3,6-10H2,(H,17,18). The Balaban J connectivity index is 1.77. The molecule has 1 N–H and O–H groups in total. The van der Waals surface area contributed by atoms with Gasteiger partial charge in [0.1, 0.15) is 6.04 Å². The Labute approximate surface area is 107 Å². The van der Waals surface area contributed by atoms with E-state index in [-0.39, 0.29) is 6.04 Å². The van der Waals surface area contributed by atoms with Gasteiger partial charge in [0, 0.05) is 6.54 Å². The van der Waals surface area contributed by atoms with Crippen LogP contribution in [0.5, 0.6) is 0 Å². The zero-order valence-corrected chi connectivity index (χ0v) is 10.5. The van der Waals surface area contributed by atoms with E-state index in [0.29, 0.717) is 0 Å². The van der Waals surface area contributed by atoms with Gasteiger partial charge in [0.25, 0.3) is 0 Å². The molecule has 1 saturated heterocycles. The lowest BCUT2D eigenvalue weighted by Gasteiger charge is -2.22. The first kappa shape index (κ1) is 11.7. The van der Waals surface area contributed by atoms with Crippen LogP contribution in [0.15, 0.2) is 24.3 Å². The molecule has 1 aromatic carbocycles. The predicted molar refractivity (Wildman–Crippen MR) is 69.5 cm³/mol. The zero-order chi connectivity index (χ0) is 12.5. The van der Waals surface area contributed by atoms with Crippen LogP contribution in [0.4, 0.5) is 0 Å². The van der Waals surface area contributed by atoms with Crippen molar-refractivity contribution in [2.75, 3.05) is 6.54 Å². The van der Waals surface area contributed by atoms with Gasteiger partial charge < -0.3 is 5.11 Å². The molecule has 0 amide bonds. The molecule has 1 aromatic rings. The van der Waals surface area contributed by atoms with Crippen LogP contribution >= 0.6 is 0 Å². The fourth-order valence-electron chi connectivity index (χ4n) is 2.98. The molecule has 3 nitrogen and oxygen atoms in total. The Hall–Kier alpha value is -1.35.